The zero-order chi connectivity index (χ0) is 15.9. The van der Waals surface area contributed by atoms with Crippen molar-refractivity contribution in [1.29, 1.82) is 0 Å². The molecule has 1 fully saturated rings. The van der Waals surface area contributed by atoms with Crippen molar-refractivity contribution in [2.24, 2.45) is 0 Å². The van der Waals surface area contributed by atoms with Gasteiger partial charge in [-0.2, -0.15) is 0 Å². The van der Waals surface area contributed by atoms with Gasteiger partial charge < -0.3 is 15.1 Å². The molecule has 1 aliphatic heterocycles. The van der Waals surface area contributed by atoms with Crippen LogP contribution in [0.25, 0.3) is 0 Å². The number of halogens is 1. The molecule has 0 bridgehead atoms. The highest BCUT2D eigenvalue weighted by Gasteiger charge is 2.19. The number of nitrogens with one attached hydrogen (secondary N) is 1. The summed E-state index contributed by atoms with van der Waals surface area (Å²) in [4.78, 5) is 26.7. The molecule has 1 aromatic carbocycles. The molecule has 5 nitrogen and oxygen atoms in total. The summed E-state index contributed by atoms with van der Waals surface area (Å²) >= 11 is 0. The third-order valence-corrected chi connectivity index (χ3v) is 3.71. The van der Waals surface area contributed by atoms with Gasteiger partial charge in [0.2, 0.25) is 5.91 Å². The Bertz CT molecular complexity index is 536. The second kappa shape index (κ2) is 7.77. The van der Waals surface area contributed by atoms with Crippen LogP contribution in [0, 0.1) is 5.82 Å². The van der Waals surface area contributed by atoms with Crippen LogP contribution in [0.4, 0.5) is 9.18 Å². The zero-order valence-electron chi connectivity index (χ0n) is 12.8. The quantitative estimate of drug-likeness (QED) is 0.817. The van der Waals surface area contributed by atoms with E-state index in [1.165, 1.54) is 17.0 Å². The topological polar surface area (TPSA) is 52.7 Å². The summed E-state index contributed by atoms with van der Waals surface area (Å²) in [6.07, 6.45) is 2.32. The van der Waals surface area contributed by atoms with Crippen molar-refractivity contribution in [3.63, 3.8) is 0 Å². The minimum Gasteiger partial charge on any atom is -0.343 e. The number of likely N-dealkylation sites (tertiary alicyclic amines) is 1. The summed E-state index contributed by atoms with van der Waals surface area (Å²) in [6, 6.07) is 6.01. The molecule has 2 rings (SSSR count). The summed E-state index contributed by atoms with van der Waals surface area (Å²) < 4.78 is 13.1. The summed E-state index contributed by atoms with van der Waals surface area (Å²) in [6.45, 7) is 2.39. The van der Waals surface area contributed by atoms with Gasteiger partial charge in [0.1, 0.15) is 5.82 Å². The van der Waals surface area contributed by atoms with Crippen LogP contribution < -0.4 is 5.32 Å². The first-order valence-corrected chi connectivity index (χ1v) is 7.57. The number of nitrogens with zero attached hydrogens (tertiary/aromatic N) is 2. The lowest BCUT2D eigenvalue weighted by Crippen LogP contribution is -2.38. The van der Waals surface area contributed by atoms with E-state index < -0.39 is 0 Å². The van der Waals surface area contributed by atoms with Gasteiger partial charge in [-0.1, -0.05) is 12.1 Å². The lowest BCUT2D eigenvalue weighted by Gasteiger charge is -2.19. The van der Waals surface area contributed by atoms with Crippen molar-refractivity contribution < 1.29 is 14.0 Å². The first-order chi connectivity index (χ1) is 10.6. The van der Waals surface area contributed by atoms with Gasteiger partial charge in [-0.15, -0.1) is 0 Å². The van der Waals surface area contributed by atoms with Crippen LogP contribution in [-0.4, -0.2) is 48.4 Å². The van der Waals surface area contributed by atoms with E-state index in [0.717, 1.165) is 24.9 Å². The molecule has 3 amide bonds. The Balaban J connectivity index is 1.67. The number of urea groups is 1. The molecular weight excluding hydrogens is 285 g/mol. The molecule has 1 aromatic rings. The Morgan fingerprint density at radius 3 is 2.95 bits per heavy atom. The average Bonchev–Trinajstić information content (AvgIpc) is 2.88. The number of hydrogen-bond donors (Lipinski definition) is 1. The van der Waals surface area contributed by atoms with E-state index in [-0.39, 0.29) is 17.8 Å². The lowest BCUT2D eigenvalue weighted by molar-refractivity contribution is -0.127. The first kappa shape index (κ1) is 16.3. The second-order valence-corrected chi connectivity index (χ2v) is 5.56. The fourth-order valence-corrected chi connectivity index (χ4v) is 2.52. The molecule has 0 spiro atoms. The van der Waals surface area contributed by atoms with Crippen LogP contribution in [0.5, 0.6) is 0 Å². The van der Waals surface area contributed by atoms with Crippen LogP contribution in [0.2, 0.25) is 0 Å². The van der Waals surface area contributed by atoms with Crippen molar-refractivity contribution in [2.45, 2.75) is 25.8 Å². The number of amides is 3. The molecule has 6 heteroatoms. The van der Waals surface area contributed by atoms with E-state index >= 15 is 0 Å². The maximum absolute atomic E-state index is 13.1. The van der Waals surface area contributed by atoms with Crippen molar-refractivity contribution in [3.8, 4) is 0 Å². The van der Waals surface area contributed by atoms with Crippen molar-refractivity contribution in [2.75, 3.05) is 26.7 Å². The third kappa shape index (κ3) is 4.72. The molecule has 120 valence electrons. The molecule has 1 saturated heterocycles. The van der Waals surface area contributed by atoms with Crippen LogP contribution in [0.3, 0.4) is 0 Å². The maximum Gasteiger partial charge on any atom is 0.317 e. The SMILES string of the molecule is CN(Cc1cccc(F)c1)C(=O)NCCCN1CCCC1=O. The van der Waals surface area contributed by atoms with Crippen LogP contribution in [0.15, 0.2) is 24.3 Å². The predicted molar refractivity (Wildman–Crippen MR) is 81.7 cm³/mol. The summed E-state index contributed by atoms with van der Waals surface area (Å²) in [7, 11) is 1.67. The minimum absolute atomic E-state index is 0.197. The molecule has 1 heterocycles. The first-order valence-electron chi connectivity index (χ1n) is 7.57. The molecular formula is C16H22FN3O2. The van der Waals surface area contributed by atoms with Crippen molar-refractivity contribution in [1.82, 2.24) is 15.1 Å². The highest BCUT2D eigenvalue weighted by Crippen LogP contribution is 2.09. The van der Waals surface area contributed by atoms with Gasteiger partial charge in [-0.05, 0) is 30.5 Å². The Morgan fingerprint density at radius 1 is 1.45 bits per heavy atom. The molecule has 0 aromatic heterocycles. The number of rotatable bonds is 6. The monoisotopic (exact) mass is 307 g/mol. The van der Waals surface area contributed by atoms with Crippen molar-refractivity contribution >= 4 is 11.9 Å². The van der Waals surface area contributed by atoms with E-state index in [9.17, 15) is 14.0 Å². The number of carbonyl (C=O) groups excluding carboxylic acids is 2. The van der Waals surface area contributed by atoms with E-state index in [2.05, 4.69) is 5.32 Å². The maximum atomic E-state index is 13.1. The standard InChI is InChI=1S/C16H22FN3O2/c1-19(12-13-5-2-6-14(17)11-13)16(22)18-8-4-10-20-9-3-7-15(20)21/h2,5-6,11H,3-4,7-10,12H2,1H3,(H,18,22). The smallest absolute Gasteiger partial charge is 0.317 e. The van der Waals surface area contributed by atoms with Gasteiger partial charge in [0.25, 0.3) is 0 Å². The van der Waals surface area contributed by atoms with Crippen LogP contribution >= 0.6 is 0 Å². The fourth-order valence-electron chi connectivity index (χ4n) is 2.52. The molecule has 0 unspecified atom stereocenters. The highest BCUT2D eigenvalue weighted by molar-refractivity contribution is 5.78. The van der Waals surface area contributed by atoms with Crippen LogP contribution in [-0.2, 0) is 11.3 Å². The fraction of sp³-hybridized carbons (Fsp3) is 0.500. The molecule has 22 heavy (non-hydrogen) atoms. The van der Waals surface area contributed by atoms with Crippen LogP contribution in [0.1, 0.15) is 24.8 Å². The van der Waals surface area contributed by atoms with E-state index in [0.29, 0.717) is 26.1 Å². The number of carbonyl (C=O) groups is 2. The van der Waals surface area contributed by atoms with E-state index in [1.54, 1.807) is 19.2 Å². The van der Waals surface area contributed by atoms with Gasteiger partial charge >= 0.3 is 6.03 Å². The largest absolute Gasteiger partial charge is 0.343 e. The second-order valence-electron chi connectivity index (χ2n) is 5.56. The van der Waals surface area contributed by atoms with Gasteiger partial charge in [-0.3, -0.25) is 4.79 Å². The van der Waals surface area contributed by atoms with Gasteiger partial charge in [0.15, 0.2) is 0 Å². The summed E-state index contributed by atoms with van der Waals surface area (Å²) in [5, 5.41) is 2.81. The third-order valence-electron chi connectivity index (χ3n) is 3.71. The summed E-state index contributed by atoms with van der Waals surface area (Å²) in [5.74, 6) is -0.101. The van der Waals surface area contributed by atoms with Gasteiger partial charge in [0, 0.05) is 39.6 Å². The predicted octanol–water partition coefficient (Wildman–Crippen LogP) is 1.98. The minimum atomic E-state index is -0.304. The normalized spacial score (nSPS) is 14.3. The van der Waals surface area contributed by atoms with Gasteiger partial charge in [0.05, 0.1) is 0 Å². The highest BCUT2D eigenvalue weighted by atomic mass is 19.1. The molecule has 0 atom stereocenters. The van der Waals surface area contributed by atoms with E-state index in [4.69, 9.17) is 0 Å². The van der Waals surface area contributed by atoms with E-state index in [1.807, 2.05) is 4.90 Å². The Morgan fingerprint density at radius 2 is 2.27 bits per heavy atom. The molecule has 0 saturated carbocycles. The lowest BCUT2D eigenvalue weighted by atomic mass is 10.2. The molecule has 1 N–H and O–H groups in total. The number of benzene rings is 1. The Hall–Kier alpha value is -2.11. The Labute approximate surface area is 130 Å². The Kier molecular flexibility index (Phi) is 5.75. The average molecular weight is 307 g/mol. The van der Waals surface area contributed by atoms with Crippen molar-refractivity contribution in [3.05, 3.63) is 35.6 Å². The molecule has 0 aliphatic carbocycles. The zero-order valence-corrected chi connectivity index (χ0v) is 12.8. The van der Waals surface area contributed by atoms with Gasteiger partial charge in [-0.25, -0.2) is 9.18 Å². The molecule has 0 radical (unpaired) electrons. The number of hydrogen-bond acceptors (Lipinski definition) is 2. The summed E-state index contributed by atoms with van der Waals surface area (Å²) in [5.41, 5.74) is 0.750. The molecule has 1 aliphatic rings.